The van der Waals surface area contributed by atoms with Gasteiger partial charge in [-0.1, -0.05) is 35.9 Å². The third kappa shape index (κ3) is 4.99. The van der Waals surface area contributed by atoms with Crippen LogP contribution in [-0.2, 0) is 16.6 Å². The summed E-state index contributed by atoms with van der Waals surface area (Å²) in [7, 11) is -2.15. The molecule has 0 fully saturated rings. The summed E-state index contributed by atoms with van der Waals surface area (Å²) in [5.41, 5.74) is 0.146. The summed E-state index contributed by atoms with van der Waals surface area (Å²) < 4.78 is 52.8. The van der Waals surface area contributed by atoms with Crippen molar-refractivity contribution in [3.8, 4) is 0 Å². The monoisotopic (exact) mass is 405 g/mol. The van der Waals surface area contributed by atoms with Crippen molar-refractivity contribution in [2.75, 3.05) is 10.8 Å². The van der Waals surface area contributed by atoms with Gasteiger partial charge in [0.05, 0.1) is 15.5 Å². The van der Waals surface area contributed by atoms with Gasteiger partial charge in [0.15, 0.2) is 11.0 Å². The van der Waals surface area contributed by atoms with Crippen LogP contribution in [-0.4, -0.2) is 22.0 Å². The van der Waals surface area contributed by atoms with E-state index in [2.05, 4.69) is 0 Å². The zero-order valence-electron chi connectivity index (χ0n) is 14.5. The van der Waals surface area contributed by atoms with Crippen LogP contribution in [0.15, 0.2) is 47.4 Å². The number of nitrogens with zero attached hydrogens (tertiary/aromatic N) is 1. The fourth-order valence-corrected chi connectivity index (χ4v) is 3.97. The highest BCUT2D eigenvalue weighted by atomic mass is 35.5. The Kier molecular flexibility index (Phi) is 6.05. The molecule has 0 aliphatic heterocycles. The quantitative estimate of drug-likeness (QED) is 0.763. The molecule has 142 valence electrons. The van der Waals surface area contributed by atoms with E-state index in [9.17, 15) is 22.5 Å². The molecule has 0 bridgehead atoms. The molecule has 0 saturated heterocycles. The van der Waals surface area contributed by atoms with E-state index in [-0.39, 0.29) is 15.6 Å². The van der Waals surface area contributed by atoms with Crippen molar-refractivity contribution in [2.24, 2.45) is 0 Å². The highest BCUT2D eigenvalue weighted by Crippen LogP contribution is 2.31. The molecule has 0 aliphatic carbocycles. The highest BCUT2D eigenvalue weighted by Gasteiger charge is 2.34. The van der Waals surface area contributed by atoms with Crippen LogP contribution in [0.3, 0.4) is 0 Å². The lowest BCUT2D eigenvalue weighted by molar-refractivity contribution is -0.117. The Bertz CT molecular complexity index is 802. The van der Waals surface area contributed by atoms with Crippen LogP contribution in [0, 0.1) is 6.92 Å². The van der Waals surface area contributed by atoms with Crippen molar-refractivity contribution in [3.05, 3.63) is 58.6 Å². The summed E-state index contributed by atoms with van der Waals surface area (Å²) >= 11 is 6.14. The Morgan fingerprint density at radius 3 is 2.19 bits per heavy atom. The maximum atomic E-state index is 13.1. The number of hydrogen-bond acceptors (Lipinski definition) is 2. The molecule has 2 aromatic carbocycles. The fourth-order valence-electron chi connectivity index (χ4n) is 2.32. The Morgan fingerprint density at radius 1 is 1.12 bits per heavy atom. The number of halogens is 4. The lowest BCUT2D eigenvalue weighted by Gasteiger charge is -2.26. The summed E-state index contributed by atoms with van der Waals surface area (Å²) in [6.07, 6.45) is -4.55. The smallest absolute Gasteiger partial charge is 0.386 e. The lowest BCUT2D eigenvalue weighted by atomic mass is 9.98. The van der Waals surface area contributed by atoms with Crippen LogP contribution in [0.5, 0.6) is 0 Å². The minimum atomic E-state index is -4.55. The van der Waals surface area contributed by atoms with E-state index in [0.29, 0.717) is 11.1 Å². The molecule has 0 spiro atoms. The van der Waals surface area contributed by atoms with Crippen molar-refractivity contribution in [1.82, 2.24) is 0 Å². The van der Waals surface area contributed by atoms with Gasteiger partial charge < -0.3 is 5.11 Å². The molecule has 0 amide bonds. The zero-order valence-corrected chi connectivity index (χ0v) is 16.0. The number of hydrogen-bond donors (Lipinski definition) is 1. The molecule has 2 rings (SSSR count). The molecule has 0 saturated carbocycles. The molecule has 2 aromatic rings. The van der Waals surface area contributed by atoms with E-state index in [1.807, 2.05) is 0 Å². The van der Waals surface area contributed by atoms with Crippen LogP contribution in [0.2, 0.25) is 5.02 Å². The molecule has 26 heavy (non-hydrogen) atoms. The summed E-state index contributed by atoms with van der Waals surface area (Å²) in [4.78, 5) is 0.113. The summed E-state index contributed by atoms with van der Waals surface area (Å²) in [6, 6.07) is 10.6. The molecular formula is C18H19ClF3NO2S. The lowest BCUT2D eigenvalue weighted by Crippen LogP contribution is -2.36. The van der Waals surface area contributed by atoms with Gasteiger partial charge in [0.25, 0.3) is 0 Å². The van der Waals surface area contributed by atoms with Gasteiger partial charge in [0.1, 0.15) is 6.54 Å². The Labute approximate surface area is 158 Å². The summed E-state index contributed by atoms with van der Waals surface area (Å²) in [5, 5.41) is 10.2. The molecule has 0 radical (unpaired) electrons. The topological polar surface area (TPSA) is 40.5 Å². The van der Waals surface area contributed by atoms with Crippen molar-refractivity contribution in [1.29, 1.82) is 0 Å². The van der Waals surface area contributed by atoms with Crippen LogP contribution >= 0.6 is 11.6 Å². The van der Waals surface area contributed by atoms with Gasteiger partial charge in [0.2, 0.25) is 0 Å². The van der Waals surface area contributed by atoms with E-state index < -0.39 is 29.3 Å². The maximum absolute atomic E-state index is 13.1. The first-order valence-electron chi connectivity index (χ1n) is 7.74. The molecule has 0 heterocycles. The van der Waals surface area contributed by atoms with Gasteiger partial charge in [-0.05, 0) is 50.1 Å². The fraction of sp³-hybridized carbons (Fsp3) is 0.333. The Hall–Kier alpha value is -1.57. The van der Waals surface area contributed by atoms with Crippen LogP contribution in [0.1, 0.15) is 25.0 Å². The molecule has 1 atom stereocenters. The largest absolute Gasteiger partial charge is 0.407 e. The number of alkyl halides is 3. The van der Waals surface area contributed by atoms with E-state index >= 15 is 0 Å². The average Bonchev–Trinajstić information content (AvgIpc) is 2.53. The van der Waals surface area contributed by atoms with Crippen LogP contribution < -0.4 is 4.31 Å². The number of aryl methyl sites for hydroxylation is 1. The molecular weight excluding hydrogens is 387 g/mol. The molecule has 3 nitrogen and oxygen atoms in total. The number of rotatable bonds is 5. The first kappa shape index (κ1) is 20.7. The van der Waals surface area contributed by atoms with Crippen molar-refractivity contribution in [2.45, 2.75) is 37.4 Å². The predicted octanol–water partition coefficient (Wildman–Crippen LogP) is 4.97. The SMILES string of the molecule is Cc1cccc(S(=O)N(CC(F)(F)F)c2ccc(C(C)(C)O)cc2)c1Cl. The van der Waals surface area contributed by atoms with Gasteiger partial charge in [-0.2, -0.15) is 13.2 Å². The van der Waals surface area contributed by atoms with Crippen molar-refractivity contribution < 1.29 is 22.5 Å². The minimum absolute atomic E-state index is 0.113. The predicted molar refractivity (Wildman–Crippen MR) is 97.7 cm³/mol. The second-order valence-corrected chi connectivity index (χ2v) is 8.15. The normalized spacial score (nSPS) is 13.5. The number of benzene rings is 2. The standard InChI is InChI=1S/C18H19ClF3NO2S/c1-12-5-4-6-15(16(12)19)26(25)23(11-18(20,21)22)14-9-7-13(8-10-14)17(2,3)24/h4-10,24H,11H2,1-3H3. The van der Waals surface area contributed by atoms with Crippen molar-refractivity contribution >= 4 is 28.3 Å². The van der Waals surface area contributed by atoms with E-state index in [0.717, 1.165) is 4.31 Å². The second-order valence-electron chi connectivity index (χ2n) is 6.39. The molecule has 8 heteroatoms. The second kappa shape index (κ2) is 7.58. The van der Waals surface area contributed by atoms with Crippen LogP contribution in [0.25, 0.3) is 0 Å². The molecule has 1 N–H and O–H groups in total. The third-order valence-corrected chi connectivity index (χ3v) is 5.80. The third-order valence-electron chi connectivity index (χ3n) is 3.73. The zero-order chi connectivity index (χ0) is 19.7. The first-order chi connectivity index (χ1) is 11.9. The van der Waals surface area contributed by atoms with E-state index in [1.54, 1.807) is 32.9 Å². The van der Waals surface area contributed by atoms with Crippen LogP contribution in [0.4, 0.5) is 18.9 Å². The Morgan fingerprint density at radius 2 is 1.69 bits per heavy atom. The van der Waals surface area contributed by atoms with Gasteiger partial charge in [-0.3, -0.25) is 4.31 Å². The molecule has 0 aromatic heterocycles. The van der Waals surface area contributed by atoms with Gasteiger partial charge >= 0.3 is 6.18 Å². The Balaban J connectivity index is 2.47. The average molecular weight is 406 g/mol. The minimum Gasteiger partial charge on any atom is -0.386 e. The summed E-state index contributed by atoms with van der Waals surface area (Å²) in [6.45, 7) is 3.43. The van der Waals surface area contributed by atoms with E-state index in [4.69, 9.17) is 11.6 Å². The number of anilines is 1. The first-order valence-corrected chi connectivity index (χ1v) is 9.23. The van der Waals surface area contributed by atoms with Gasteiger partial charge in [-0.25, -0.2) is 4.21 Å². The molecule has 1 unspecified atom stereocenters. The van der Waals surface area contributed by atoms with Gasteiger partial charge in [-0.15, -0.1) is 0 Å². The summed E-state index contributed by atoms with van der Waals surface area (Å²) in [5.74, 6) is 0. The molecule has 0 aliphatic rings. The van der Waals surface area contributed by atoms with Crippen molar-refractivity contribution in [3.63, 3.8) is 0 Å². The maximum Gasteiger partial charge on any atom is 0.407 e. The van der Waals surface area contributed by atoms with Gasteiger partial charge in [0, 0.05) is 5.69 Å². The van der Waals surface area contributed by atoms with E-state index in [1.165, 1.54) is 30.3 Å². The highest BCUT2D eigenvalue weighted by molar-refractivity contribution is 7.86. The number of aliphatic hydroxyl groups is 1.